The first-order valence-corrected chi connectivity index (χ1v) is 8.93. The first-order valence-electron chi connectivity index (χ1n) is 8.93. The Labute approximate surface area is 165 Å². The predicted molar refractivity (Wildman–Crippen MR) is 100 cm³/mol. The van der Waals surface area contributed by atoms with E-state index in [4.69, 9.17) is 11.5 Å². The van der Waals surface area contributed by atoms with Crippen LogP contribution in [0.1, 0.15) is 19.3 Å². The average Bonchev–Trinajstić information content (AvgIpc) is 2.66. The van der Waals surface area contributed by atoms with Crippen molar-refractivity contribution in [1.29, 1.82) is 5.26 Å². The number of amidine groups is 1. The van der Waals surface area contributed by atoms with Crippen molar-refractivity contribution in [2.24, 2.45) is 22.4 Å². The normalized spacial score (nSPS) is 22.9. The lowest BCUT2D eigenvalue weighted by molar-refractivity contribution is -0.114. The number of carbonyl (C=O) groups is 1. The Morgan fingerprint density at radius 2 is 2.21 bits per heavy atom. The van der Waals surface area contributed by atoms with E-state index in [9.17, 15) is 23.2 Å². The van der Waals surface area contributed by atoms with Gasteiger partial charge in [-0.25, -0.2) is 18.8 Å². The standard InChI is InChI=1S/C18H22F3N7O/c19-15(20)9-26-11-1-2-14(10(5-11)7-22)27-8-13(18(24)29)17(23)28-12-3-4-25-16(21)6-12/h3-4,6,8,10-11,14-15,26-27H,1-2,5,9H2,(H2,24,29)(H2,23,25,28)/b13-8+/t10-,11-,14+/m1/s1. The highest BCUT2D eigenvalue weighted by atomic mass is 19.3. The van der Waals surface area contributed by atoms with Crippen molar-refractivity contribution < 1.29 is 18.0 Å². The lowest BCUT2D eigenvalue weighted by Gasteiger charge is -2.33. The van der Waals surface area contributed by atoms with E-state index in [1.807, 2.05) is 0 Å². The van der Waals surface area contributed by atoms with Crippen LogP contribution in [0.3, 0.4) is 0 Å². The molecule has 29 heavy (non-hydrogen) atoms. The fourth-order valence-corrected chi connectivity index (χ4v) is 3.08. The minimum Gasteiger partial charge on any atom is -0.386 e. The lowest BCUT2D eigenvalue weighted by atomic mass is 9.82. The SMILES string of the molecule is N#C[C@H]1C[C@H](NCC(F)F)CC[C@@H]1N/C=C(/C(N)=O)C(N)=Nc1ccnc(F)c1. The number of pyridine rings is 1. The molecule has 11 heteroatoms. The van der Waals surface area contributed by atoms with Gasteiger partial charge in [-0.3, -0.25) is 4.79 Å². The predicted octanol–water partition coefficient (Wildman–Crippen LogP) is 1.08. The van der Waals surface area contributed by atoms with Crippen LogP contribution in [0, 0.1) is 23.2 Å². The van der Waals surface area contributed by atoms with E-state index in [-0.39, 0.29) is 29.2 Å². The maximum atomic E-state index is 13.2. The monoisotopic (exact) mass is 409 g/mol. The van der Waals surface area contributed by atoms with Crippen LogP contribution >= 0.6 is 0 Å². The second-order valence-corrected chi connectivity index (χ2v) is 6.57. The molecule has 1 amide bonds. The van der Waals surface area contributed by atoms with Gasteiger partial charge in [0.1, 0.15) is 5.84 Å². The van der Waals surface area contributed by atoms with Gasteiger partial charge in [-0.05, 0) is 25.3 Å². The molecule has 1 fully saturated rings. The lowest BCUT2D eigenvalue weighted by Crippen LogP contribution is -2.45. The van der Waals surface area contributed by atoms with Crippen LogP contribution in [-0.2, 0) is 4.79 Å². The van der Waals surface area contributed by atoms with Crippen molar-refractivity contribution in [2.45, 2.75) is 37.8 Å². The van der Waals surface area contributed by atoms with Crippen LogP contribution in [0.2, 0.25) is 0 Å². The van der Waals surface area contributed by atoms with Gasteiger partial charge in [0.05, 0.1) is 29.8 Å². The molecule has 156 valence electrons. The van der Waals surface area contributed by atoms with Gasteiger partial charge < -0.3 is 22.1 Å². The fraction of sp³-hybridized carbons (Fsp3) is 0.444. The van der Waals surface area contributed by atoms with Crippen molar-refractivity contribution in [1.82, 2.24) is 15.6 Å². The Hall–Kier alpha value is -3.13. The van der Waals surface area contributed by atoms with Crippen molar-refractivity contribution in [2.75, 3.05) is 6.54 Å². The fourth-order valence-electron chi connectivity index (χ4n) is 3.08. The molecule has 0 spiro atoms. The van der Waals surface area contributed by atoms with Crippen LogP contribution in [0.4, 0.5) is 18.9 Å². The quantitative estimate of drug-likeness (QED) is 0.219. The highest BCUT2D eigenvalue weighted by Crippen LogP contribution is 2.25. The molecule has 6 N–H and O–H groups in total. The molecule has 1 aliphatic carbocycles. The van der Waals surface area contributed by atoms with Gasteiger partial charge >= 0.3 is 0 Å². The number of nitrogens with two attached hydrogens (primary N) is 2. The van der Waals surface area contributed by atoms with Crippen LogP contribution in [-0.4, -0.2) is 41.8 Å². The van der Waals surface area contributed by atoms with E-state index in [1.54, 1.807) is 0 Å². The number of halogens is 3. The zero-order chi connectivity index (χ0) is 21.4. The first kappa shape index (κ1) is 22.2. The summed E-state index contributed by atoms with van der Waals surface area (Å²) in [5.74, 6) is -2.29. The van der Waals surface area contributed by atoms with Gasteiger partial charge in [0, 0.05) is 30.5 Å². The van der Waals surface area contributed by atoms with E-state index in [2.05, 4.69) is 26.7 Å². The molecule has 8 nitrogen and oxygen atoms in total. The Balaban J connectivity index is 2.08. The van der Waals surface area contributed by atoms with E-state index >= 15 is 0 Å². The summed E-state index contributed by atoms with van der Waals surface area (Å²) in [5, 5.41) is 15.1. The van der Waals surface area contributed by atoms with Crippen molar-refractivity contribution in [3.63, 3.8) is 0 Å². The van der Waals surface area contributed by atoms with Gasteiger partial charge in [0.15, 0.2) is 0 Å². The number of hydrogen-bond donors (Lipinski definition) is 4. The molecule has 1 aromatic heterocycles. The number of carbonyl (C=O) groups excluding carboxylic acids is 1. The largest absolute Gasteiger partial charge is 0.386 e. The number of nitriles is 1. The van der Waals surface area contributed by atoms with Crippen molar-refractivity contribution in [3.05, 3.63) is 36.1 Å². The highest BCUT2D eigenvalue weighted by molar-refractivity contribution is 6.20. The summed E-state index contributed by atoms with van der Waals surface area (Å²) in [6, 6.07) is 4.10. The number of nitrogens with zero attached hydrogens (tertiary/aromatic N) is 3. The summed E-state index contributed by atoms with van der Waals surface area (Å²) in [4.78, 5) is 19.1. The molecule has 1 aromatic rings. The van der Waals surface area contributed by atoms with Gasteiger partial charge in [0.2, 0.25) is 5.95 Å². The van der Waals surface area contributed by atoms with E-state index < -0.39 is 30.7 Å². The van der Waals surface area contributed by atoms with Crippen molar-refractivity contribution >= 4 is 17.4 Å². The Morgan fingerprint density at radius 1 is 1.45 bits per heavy atom. The van der Waals surface area contributed by atoms with Gasteiger partial charge in [-0.1, -0.05) is 0 Å². The average molecular weight is 409 g/mol. The minimum atomic E-state index is -2.46. The number of aliphatic imine (C=N–C) groups is 1. The van der Waals surface area contributed by atoms with Crippen LogP contribution in [0.25, 0.3) is 0 Å². The van der Waals surface area contributed by atoms with Gasteiger partial charge in [-0.15, -0.1) is 0 Å². The zero-order valence-electron chi connectivity index (χ0n) is 15.5. The molecule has 0 saturated heterocycles. The smallest absolute Gasteiger partial charge is 0.253 e. The number of aromatic nitrogens is 1. The topological polar surface area (TPSA) is 142 Å². The number of primary amides is 1. The molecule has 1 heterocycles. The third-order valence-electron chi connectivity index (χ3n) is 4.52. The Kier molecular flexibility index (Phi) is 7.97. The molecule has 0 unspecified atom stereocenters. The summed E-state index contributed by atoms with van der Waals surface area (Å²) >= 11 is 0. The number of hydrogen-bond acceptors (Lipinski definition) is 6. The molecule has 3 atom stereocenters. The molecule has 0 bridgehead atoms. The summed E-state index contributed by atoms with van der Waals surface area (Å²) < 4.78 is 37.9. The van der Waals surface area contributed by atoms with Gasteiger partial charge in [0.25, 0.3) is 12.3 Å². The molecular weight excluding hydrogens is 387 g/mol. The van der Waals surface area contributed by atoms with Crippen LogP contribution in [0.5, 0.6) is 0 Å². The molecule has 1 saturated carbocycles. The van der Waals surface area contributed by atoms with Gasteiger partial charge in [-0.2, -0.15) is 9.65 Å². The maximum absolute atomic E-state index is 13.2. The Bertz CT molecular complexity index is 822. The van der Waals surface area contributed by atoms with Crippen LogP contribution in [0.15, 0.2) is 35.1 Å². The van der Waals surface area contributed by atoms with E-state index in [1.165, 1.54) is 18.5 Å². The molecule has 0 aliphatic heterocycles. The summed E-state index contributed by atoms with van der Waals surface area (Å²) in [5.41, 5.74) is 11.2. The summed E-state index contributed by atoms with van der Waals surface area (Å²) in [6.45, 7) is -0.421. The number of amides is 1. The first-order chi connectivity index (χ1) is 13.8. The number of nitrogens with one attached hydrogen (secondary N) is 2. The molecule has 1 aliphatic rings. The van der Waals surface area contributed by atoms with Crippen LogP contribution < -0.4 is 22.1 Å². The highest BCUT2D eigenvalue weighted by Gasteiger charge is 2.30. The summed E-state index contributed by atoms with van der Waals surface area (Å²) in [7, 11) is 0. The second kappa shape index (κ2) is 10.4. The Morgan fingerprint density at radius 3 is 2.83 bits per heavy atom. The molecular formula is C18H22F3N7O. The van der Waals surface area contributed by atoms with E-state index in [0.29, 0.717) is 19.3 Å². The minimum absolute atomic E-state index is 0.128. The molecule has 2 rings (SSSR count). The zero-order valence-corrected chi connectivity index (χ0v) is 15.5. The summed E-state index contributed by atoms with van der Waals surface area (Å²) in [6.07, 6.45) is 1.52. The maximum Gasteiger partial charge on any atom is 0.253 e. The van der Waals surface area contributed by atoms with Crippen molar-refractivity contribution in [3.8, 4) is 6.07 Å². The second-order valence-electron chi connectivity index (χ2n) is 6.57. The molecule has 0 aromatic carbocycles. The molecule has 0 radical (unpaired) electrons. The number of rotatable bonds is 8. The number of alkyl halides is 2. The van der Waals surface area contributed by atoms with E-state index in [0.717, 1.165) is 6.07 Å². The third kappa shape index (κ3) is 6.76. The third-order valence-corrected chi connectivity index (χ3v) is 4.52.